The van der Waals surface area contributed by atoms with Gasteiger partial charge in [-0.05, 0) is 53.9 Å². The molecule has 1 aliphatic heterocycles. The van der Waals surface area contributed by atoms with E-state index >= 15 is 0 Å². The number of thioether (sulfide) groups is 2. The van der Waals surface area contributed by atoms with E-state index < -0.39 is 16.7 Å². The zero-order valence-corrected chi connectivity index (χ0v) is 19.6. The van der Waals surface area contributed by atoms with Crippen molar-refractivity contribution in [1.82, 2.24) is 9.97 Å². The number of nitro benzene ring substituents is 1. The molecular weight excluding hydrogens is 504 g/mol. The smallest absolute Gasteiger partial charge is 0.273 e. The lowest BCUT2D eigenvalue weighted by atomic mass is 10.2. The maximum Gasteiger partial charge on any atom is 0.273 e. The number of para-hydroxylation sites is 4. The molecule has 0 bridgehead atoms. The van der Waals surface area contributed by atoms with Gasteiger partial charge in [0.2, 0.25) is 0 Å². The lowest BCUT2D eigenvalue weighted by Gasteiger charge is -2.14. The Morgan fingerprint density at radius 3 is 1.78 bits per heavy atom. The molecule has 1 aliphatic rings. The summed E-state index contributed by atoms with van der Waals surface area (Å²) in [6.07, 6.45) is 0. The van der Waals surface area contributed by atoms with Crippen LogP contribution in [0.1, 0.15) is 0 Å². The van der Waals surface area contributed by atoms with Gasteiger partial charge in [-0.15, -0.1) is 0 Å². The number of rotatable bonds is 6. The van der Waals surface area contributed by atoms with Crippen molar-refractivity contribution in [3.05, 3.63) is 92.7 Å². The van der Waals surface area contributed by atoms with Crippen molar-refractivity contribution in [2.24, 2.45) is 0 Å². The third-order valence-corrected chi connectivity index (χ3v) is 7.22. The van der Waals surface area contributed by atoms with E-state index in [4.69, 9.17) is 8.83 Å². The van der Waals surface area contributed by atoms with E-state index in [-0.39, 0.29) is 31.6 Å². The summed E-state index contributed by atoms with van der Waals surface area (Å²) in [6, 6.07) is 19.5. The van der Waals surface area contributed by atoms with Crippen molar-refractivity contribution in [2.75, 3.05) is 4.90 Å². The van der Waals surface area contributed by atoms with Gasteiger partial charge in [0.1, 0.15) is 20.8 Å². The number of non-ortho nitro benzene ring substituents is 1. The molecule has 0 atom stereocenters. The van der Waals surface area contributed by atoms with Crippen LogP contribution in [-0.2, 0) is 9.59 Å². The second-order valence-electron chi connectivity index (χ2n) is 7.48. The second kappa shape index (κ2) is 8.66. The van der Waals surface area contributed by atoms with Gasteiger partial charge >= 0.3 is 0 Å². The number of aromatic nitrogens is 2. The van der Waals surface area contributed by atoms with E-state index in [1.165, 1.54) is 24.3 Å². The van der Waals surface area contributed by atoms with Gasteiger partial charge in [-0.25, -0.2) is 14.9 Å². The molecule has 3 heterocycles. The summed E-state index contributed by atoms with van der Waals surface area (Å²) in [7, 11) is 0. The highest BCUT2D eigenvalue weighted by molar-refractivity contribution is 8.08. The molecule has 5 aromatic rings. The molecule has 2 amide bonds. The first-order valence-electron chi connectivity index (χ1n) is 10.4. The normalized spacial score (nSPS) is 13.9. The molecule has 2 aromatic heterocycles. The van der Waals surface area contributed by atoms with Crippen LogP contribution in [0.25, 0.3) is 22.2 Å². The summed E-state index contributed by atoms with van der Waals surface area (Å²) in [5, 5.41) is 11.6. The maximum atomic E-state index is 13.5. The van der Waals surface area contributed by atoms with Crippen LogP contribution in [0, 0.1) is 10.1 Å². The number of carbonyl (C=O) groups excluding carboxylic acids is 2. The SMILES string of the molecule is O=C1C(Sc2nc3ccccc3o2)=C(Sc2nc3ccccc3o2)C(=O)N1c1cccc([N+](=O)[O-])c1. The number of benzene rings is 3. The predicted molar refractivity (Wildman–Crippen MR) is 132 cm³/mol. The molecule has 176 valence electrons. The molecule has 12 heteroatoms. The van der Waals surface area contributed by atoms with Crippen LogP contribution in [0.2, 0.25) is 0 Å². The number of anilines is 1. The van der Waals surface area contributed by atoms with Crippen LogP contribution < -0.4 is 4.90 Å². The minimum atomic E-state index is -0.661. The summed E-state index contributed by atoms with van der Waals surface area (Å²) in [4.78, 5) is 47.5. The molecule has 3 aromatic carbocycles. The van der Waals surface area contributed by atoms with Crippen molar-refractivity contribution in [3.63, 3.8) is 0 Å². The Hall–Kier alpha value is -4.42. The van der Waals surface area contributed by atoms with Crippen molar-refractivity contribution in [2.45, 2.75) is 10.4 Å². The molecule has 6 rings (SSSR count). The molecule has 36 heavy (non-hydrogen) atoms. The first-order chi connectivity index (χ1) is 17.5. The molecule has 0 fully saturated rings. The first-order valence-corrected chi connectivity index (χ1v) is 12.1. The standard InChI is InChI=1S/C24H12N4O6S2/c29-21-19(35-23-25-15-8-1-3-10-17(15)33-23)20(36-24-26-16-9-2-4-11-18(16)34-24)22(30)27(21)13-6-5-7-14(12-13)28(31)32/h1-12H. The van der Waals surface area contributed by atoms with Crippen LogP contribution in [0.4, 0.5) is 11.4 Å². The highest BCUT2D eigenvalue weighted by Crippen LogP contribution is 2.44. The second-order valence-corrected chi connectivity index (χ2v) is 9.40. The average Bonchev–Trinajstić information content (AvgIpc) is 3.54. The third-order valence-electron chi connectivity index (χ3n) is 5.23. The summed E-state index contributed by atoms with van der Waals surface area (Å²) in [6.45, 7) is 0. The van der Waals surface area contributed by atoms with Gasteiger partial charge in [-0.1, -0.05) is 30.3 Å². The van der Waals surface area contributed by atoms with Gasteiger partial charge in [-0.2, -0.15) is 0 Å². The van der Waals surface area contributed by atoms with Gasteiger partial charge in [0, 0.05) is 12.1 Å². The van der Waals surface area contributed by atoms with Gasteiger partial charge in [0.05, 0.1) is 10.6 Å². The van der Waals surface area contributed by atoms with Crippen LogP contribution in [0.15, 0.2) is 102 Å². The highest BCUT2D eigenvalue weighted by Gasteiger charge is 2.42. The fourth-order valence-corrected chi connectivity index (χ4v) is 5.48. The number of nitro groups is 1. The molecule has 10 nitrogen and oxygen atoms in total. The number of fused-ring (bicyclic) bond motifs is 2. The lowest BCUT2D eigenvalue weighted by molar-refractivity contribution is -0.384. The Morgan fingerprint density at radius 2 is 1.28 bits per heavy atom. The molecule has 0 radical (unpaired) electrons. The zero-order chi connectivity index (χ0) is 24.8. The average molecular weight is 517 g/mol. The number of amides is 2. The van der Waals surface area contributed by atoms with E-state index in [1.807, 2.05) is 0 Å². The Morgan fingerprint density at radius 1 is 0.750 bits per heavy atom. The molecular formula is C24H12N4O6S2. The molecule has 0 saturated carbocycles. The number of hydrogen-bond donors (Lipinski definition) is 0. The largest absolute Gasteiger partial charge is 0.431 e. The van der Waals surface area contributed by atoms with Gasteiger partial charge in [0.25, 0.3) is 27.9 Å². The Bertz CT molecular complexity index is 1580. The Balaban J connectivity index is 1.42. The molecule has 0 aliphatic carbocycles. The number of nitrogens with zero attached hydrogens (tertiary/aromatic N) is 4. The van der Waals surface area contributed by atoms with E-state index in [1.54, 1.807) is 48.5 Å². The summed E-state index contributed by atoms with van der Waals surface area (Å²) < 4.78 is 11.5. The van der Waals surface area contributed by atoms with Crippen molar-refractivity contribution < 1.29 is 23.3 Å². The minimum Gasteiger partial charge on any atom is -0.431 e. The minimum absolute atomic E-state index is 0.0466. The predicted octanol–water partition coefficient (Wildman–Crippen LogP) is 5.55. The van der Waals surface area contributed by atoms with Crippen molar-refractivity contribution in [3.8, 4) is 0 Å². The van der Waals surface area contributed by atoms with Gasteiger partial charge in [0.15, 0.2) is 11.2 Å². The van der Waals surface area contributed by atoms with Gasteiger partial charge in [-0.3, -0.25) is 19.7 Å². The molecule has 0 N–H and O–H groups in total. The first kappa shape index (κ1) is 22.1. The fraction of sp³-hybridized carbons (Fsp3) is 0. The van der Waals surface area contributed by atoms with Crippen LogP contribution in [0.5, 0.6) is 0 Å². The molecule has 0 saturated heterocycles. The lowest BCUT2D eigenvalue weighted by Crippen LogP contribution is -2.31. The molecule has 0 spiro atoms. The monoisotopic (exact) mass is 516 g/mol. The van der Waals surface area contributed by atoms with Gasteiger partial charge < -0.3 is 8.83 Å². The quantitative estimate of drug-likeness (QED) is 0.161. The number of imide groups is 1. The Kier molecular flexibility index (Phi) is 5.31. The third kappa shape index (κ3) is 3.82. The Labute approximate surface area is 210 Å². The molecule has 0 unspecified atom stereocenters. The van der Waals surface area contributed by atoms with Crippen molar-refractivity contribution in [1.29, 1.82) is 0 Å². The van der Waals surface area contributed by atoms with Crippen LogP contribution in [-0.4, -0.2) is 26.7 Å². The highest BCUT2D eigenvalue weighted by atomic mass is 32.2. The van der Waals surface area contributed by atoms with Crippen LogP contribution >= 0.6 is 23.5 Å². The topological polar surface area (TPSA) is 133 Å². The zero-order valence-electron chi connectivity index (χ0n) is 18.0. The number of oxazole rings is 2. The van der Waals surface area contributed by atoms with E-state index in [2.05, 4.69) is 9.97 Å². The summed E-state index contributed by atoms with van der Waals surface area (Å²) in [5.74, 6) is -1.32. The number of carbonyl (C=O) groups is 2. The fourth-order valence-electron chi connectivity index (χ4n) is 3.61. The van der Waals surface area contributed by atoms with E-state index in [9.17, 15) is 19.7 Å². The van der Waals surface area contributed by atoms with Crippen molar-refractivity contribution >= 4 is 68.9 Å². The number of hydrogen-bond acceptors (Lipinski definition) is 10. The summed E-state index contributed by atoms with van der Waals surface area (Å²) in [5.41, 5.74) is 2.08. The maximum absolute atomic E-state index is 13.5. The van der Waals surface area contributed by atoms with E-state index in [0.29, 0.717) is 22.2 Å². The van der Waals surface area contributed by atoms with Crippen LogP contribution in [0.3, 0.4) is 0 Å². The summed E-state index contributed by atoms with van der Waals surface area (Å²) >= 11 is 1.80. The van der Waals surface area contributed by atoms with E-state index in [0.717, 1.165) is 28.4 Å².